The van der Waals surface area contributed by atoms with Crippen molar-refractivity contribution in [2.24, 2.45) is 0 Å². The van der Waals surface area contributed by atoms with Gasteiger partial charge in [0.2, 0.25) is 5.91 Å². The number of carbonyl (C=O) groups is 3. The van der Waals surface area contributed by atoms with Gasteiger partial charge in [0, 0.05) is 42.6 Å². The van der Waals surface area contributed by atoms with E-state index in [0.29, 0.717) is 42.2 Å². The van der Waals surface area contributed by atoms with Gasteiger partial charge in [0.15, 0.2) is 0 Å². The molecule has 41 heavy (non-hydrogen) atoms. The number of rotatable bonds is 6. The van der Waals surface area contributed by atoms with E-state index in [-0.39, 0.29) is 28.8 Å². The van der Waals surface area contributed by atoms with Gasteiger partial charge in [0.05, 0.1) is 22.2 Å². The minimum atomic E-state index is -4.17. The monoisotopic (exact) mass is 595 g/mol. The number of carbonyl (C=O) groups excluding carboxylic acids is 2. The molecule has 9 nitrogen and oxygen atoms in total. The zero-order chi connectivity index (χ0) is 29.5. The lowest BCUT2D eigenvalue weighted by molar-refractivity contribution is -0.130. The molecule has 3 aromatic carbocycles. The third kappa shape index (κ3) is 5.06. The number of sulfonamides is 1. The van der Waals surface area contributed by atoms with E-state index in [1.807, 2.05) is 25.1 Å². The van der Waals surface area contributed by atoms with Crippen molar-refractivity contribution < 1.29 is 27.9 Å². The first-order valence-corrected chi connectivity index (χ1v) is 15.1. The number of fused-ring (bicyclic) bond motifs is 2. The normalized spacial score (nSPS) is 17.8. The molecule has 0 saturated carbocycles. The number of carboxylic acid groups (broad SMARTS) is 1. The minimum Gasteiger partial charge on any atom is -0.478 e. The van der Waals surface area contributed by atoms with Crippen LogP contribution >= 0.6 is 11.6 Å². The summed E-state index contributed by atoms with van der Waals surface area (Å²) in [5, 5.41) is 12.9. The number of nitrogens with zero attached hydrogens (tertiary/aromatic N) is 2. The predicted octanol–water partition coefficient (Wildman–Crippen LogP) is 4.45. The van der Waals surface area contributed by atoms with E-state index in [4.69, 9.17) is 11.6 Å². The van der Waals surface area contributed by atoms with E-state index < -0.39 is 27.4 Å². The standard InChI is InChI=1S/C30H30ClN3O6S/c1-19-30(12-14-33(15-13-30)20(2)35)25-17-21(28(36)32-18-23-6-3-4-9-26(23)31)10-11-27(25)34(19)41(39,40)24-8-5-7-22(16-24)29(37)38/h3-11,16-17,19H,12-15,18H2,1-2H3,(H,32,36)(H,37,38). The summed E-state index contributed by atoms with van der Waals surface area (Å²) >= 11 is 6.24. The Morgan fingerprint density at radius 2 is 1.71 bits per heavy atom. The van der Waals surface area contributed by atoms with E-state index in [9.17, 15) is 27.9 Å². The summed E-state index contributed by atoms with van der Waals surface area (Å²) in [6.07, 6.45) is 1.01. The maximum Gasteiger partial charge on any atom is 0.335 e. The van der Waals surface area contributed by atoms with Crippen LogP contribution in [0.15, 0.2) is 71.6 Å². The number of carboxylic acids is 1. The topological polar surface area (TPSA) is 124 Å². The fourth-order valence-electron chi connectivity index (χ4n) is 5.99. The van der Waals surface area contributed by atoms with E-state index in [1.54, 1.807) is 29.2 Å². The van der Waals surface area contributed by atoms with Gasteiger partial charge >= 0.3 is 5.97 Å². The summed E-state index contributed by atoms with van der Waals surface area (Å²) < 4.78 is 29.5. The molecular weight excluding hydrogens is 566 g/mol. The molecule has 0 aromatic heterocycles. The second-order valence-electron chi connectivity index (χ2n) is 10.5. The molecule has 1 spiro atoms. The summed E-state index contributed by atoms with van der Waals surface area (Å²) in [6, 6.07) is 16.9. The zero-order valence-corrected chi connectivity index (χ0v) is 24.2. The largest absolute Gasteiger partial charge is 0.478 e. The zero-order valence-electron chi connectivity index (χ0n) is 22.6. The summed E-state index contributed by atoms with van der Waals surface area (Å²) in [5.41, 5.74) is 1.52. The SMILES string of the molecule is CC(=O)N1CCC2(CC1)c1cc(C(=O)NCc3ccccc3Cl)ccc1N(S(=O)(=O)c1cccc(C(=O)O)c1)C2C. The second kappa shape index (κ2) is 10.8. The summed E-state index contributed by atoms with van der Waals surface area (Å²) in [5.74, 6) is -1.60. The van der Waals surface area contributed by atoms with Crippen LogP contribution in [0.3, 0.4) is 0 Å². The van der Waals surface area contributed by atoms with E-state index in [0.717, 1.165) is 17.2 Å². The highest BCUT2D eigenvalue weighted by Crippen LogP contribution is 2.53. The Hall–Kier alpha value is -3.89. The molecule has 11 heteroatoms. The average molecular weight is 596 g/mol. The van der Waals surface area contributed by atoms with Crippen molar-refractivity contribution in [2.75, 3.05) is 17.4 Å². The first-order valence-electron chi connectivity index (χ1n) is 13.2. The number of halogens is 1. The molecule has 0 radical (unpaired) electrons. The first kappa shape index (κ1) is 28.6. The van der Waals surface area contributed by atoms with Gasteiger partial charge in [-0.15, -0.1) is 0 Å². The van der Waals surface area contributed by atoms with E-state index in [2.05, 4.69) is 5.32 Å². The number of hydrogen-bond acceptors (Lipinski definition) is 5. The lowest BCUT2D eigenvalue weighted by Crippen LogP contribution is -2.52. The van der Waals surface area contributed by atoms with Crippen molar-refractivity contribution in [1.29, 1.82) is 0 Å². The molecule has 3 aromatic rings. The Morgan fingerprint density at radius 1 is 1.00 bits per heavy atom. The smallest absolute Gasteiger partial charge is 0.335 e. The van der Waals surface area contributed by atoms with Crippen LogP contribution in [0, 0.1) is 0 Å². The van der Waals surface area contributed by atoms with Crippen molar-refractivity contribution >= 4 is 45.1 Å². The molecule has 214 valence electrons. The number of aromatic carboxylic acids is 1. The van der Waals surface area contributed by atoms with Crippen LogP contribution in [0.4, 0.5) is 5.69 Å². The number of benzene rings is 3. The fourth-order valence-corrected chi connectivity index (χ4v) is 7.99. The molecule has 2 N–H and O–H groups in total. The van der Waals surface area contributed by atoms with Crippen molar-refractivity contribution in [1.82, 2.24) is 10.2 Å². The highest BCUT2D eigenvalue weighted by molar-refractivity contribution is 7.92. The molecule has 0 aliphatic carbocycles. The number of amides is 2. The van der Waals surface area contributed by atoms with Gasteiger partial charge in [0.25, 0.3) is 15.9 Å². The molecule has 2 amide bonds. The van der Waals surface area contributed by atoms with Crippen LogP contribution in [0.1, 0.15) is 58.5 Å². The Morgan fingerprint density at radius 3 is 2.37 bits per heavy atom. The molecule has 0 bridgehead atoms. The van der Waals surface area contributed by atoms with Crippen LogP contribution < -0.4 is 9.62 Å². The lowest BCUT2D eigenvalue weighted by Gasteiger charge is -2.43. The quantitative estimate of drug-likeness (QED) is 0.434. The van der Waals surface area contributed by atoms with Gasteiger partial charge in [-0.2, -0.15) is 0 Å². The van der Waals surface area contributed by atoms with Gasteiger partial charge in [-0.05, 0) is 73.4 Å². The maximum atomic E-state index is 14.1. The van der Waals surface area contributed by atoms with Crippen molar-refractivity contribution in [3.63, 3.8) is 0 Å². The fraction of sp³-hybridized carbons (Fsp3) is 0.300. The number of anilines is 1. The Bertz CT molecular complexity index is 1650. The van der Waals surface area contributed by atoms with Crippen molar-refractivity contribution in [3.8, 4) is 0 Å². The number of hydrogen-bond donors (Lipinski definition) is 2. The van der Waals surface area contributed by atoms with Crippen LogP contribution in [0.5, 0.6) is 0 Å². The maximum absolute atomic E-state index is 14.1. The molecule has 1 atom stereocenters. The Kier molecular flexibility index (Phi) is 7.56. The van der Waals surface area contributed by atoms with E-state index >= 15 is 0 Å². The molecular formula is C30H30ClN3O6S. The molecule has 2 aliphatic heterocycles. The van der Waals surface area contributed by atoms with E-state index in [1.165, 1.54) is 29.4 Å². The summed E-state index contributed by atoms with van der Waals surface area (Å²) in [6.45, 7) is 4.47. The first-order chi connectivity index (χ1) is 19.5. The second-order valence-corrected chi connectivity index (χ2v) is 12.7. The van der Waals surface area contributed by atoms with Gasteiger partial charge in [0.1, 0.15) is 0 Å². The Balaban J connectivity index is 1.55. The van der Waals surface area contributed by atoms with Crippen LogP contribution in [-0.2, 0) is 26.8 Å². The minimum absolute atomic E-state index is 0.0478. The molecule has 1 saturated heterocycles. The summed E-state index contributed by atoms with van der Waals surface area (Å²) in [7, 11) is -4.17. The number of piperidine rings is 1. The highest BCUT2D eigenvalue weighted by atomic mass is 35.5. The molecule has 1 unspecified atom stereocenters. The number of likely N-dealkylation sites (tertiary alicyclic amines) is 1. The van der Waals surface area contributed by atoms with Gasteiger partial charge in [-0.1, -0.05) is 35.9 Å². The summed E-state index contributed by atoms with van der Waals surface area (Å²) in [4.78, 5) is 38.5. The third-order valence-electron chi connectivity index (χ3n) is 8.32. The molecule has 1 fully saturated rings. The Labute approximate surface area is 243 Å². The highest BCUT2D eigenvalue weighted by Gasteiger charge is 2.54. The molecule has 2 heterocycles. The van der Waals surface area contributed by atoms with Gasteiger partial charge in [-0.25, -0.2) is 13.2 Å². The van der Waals surface area contributed by atoms with Crippen LogP contribution in [0.25, 0.3) is 0 Å². The van der Waals surface area contributed by atoms with Crippen LogP contribution in [-0.4, -0.2) is 55.3 Å². The lowest BCUT2D eigenvalue weighted by atomic mass is 9.70. The molecule has 2 aliphatic rings. The number of nitrogens with one attached hydrogen (secondary N) is 1. The van der Waals surface area contributed by atoms with Gasteiger partial charge in [-0.3, -0.25) is 13.9 Å². The van der Waals surface area contributed by atoms with Gasteiger partial charge < -0.3 is 15.3 Å². The van der Waals surface area contributed by atoms with Crippen LogP contribution in [0.2, 0.25) is 5.02 Å². The third-order valence-corrected chi connectivity index (χ3v) is 10.6. The molecule has 5 rings (SSSR count). The average Bonchev–Trinajstić information content (AvgIpc) is 3.19. The predicted molar refractivity (Wildman–Crippen MR) is 155 cm³/mol. The van der Waals surface area contributed by atoms with Crippen molar-refractivity contribution in [3.05, 3.63) is 94.0 Å². The van der Waals surface area contributed by atoms with Crippen molar-refractivity contribution in [2.45, 2.75) is 49.6 Å².